The van der Waals surface area contributed by atoms with Crippen LogP contribution in [0.25, 0.3) is 0 Å². The fourth-order valence-electron chi connectivity index (χ4n) is 2.92. The minimum Gasteiger partial charge on any atom is -0.339 e. The van der Waals surface area contributed by atoms with Gasteiger partial charge in [-0.05, 0) is 18.8 Å². The Labute approximate surface area is 108 Å². The number of rotatable bonds is 3. The average Bonchev–Trinajstić information content (AvgIpc) is 2.88. The molecule has 2 aliphatic heterocycles. The Hall–Kier alpha value is -1.10. The third-order valence-corrected chi connectivity index (χ3v) is 3.87. The monoisotopic (exact) mass is 253 g/mol. The van der Waals surface area contributed by atoms with Crippen LogP contribution in [-0.2, 0) is 9.59 Å². The van der Waals surface area contributed by atoms with Gasteiger partial charge in [-0.15, -0.1) is 0 Å². The van der Waals surface area contributed by atoms with Gasteiger partial charge in [0.25, 0.3) is 0 Å². The lowest BCUT2D eigenvalue weighted by Crippen LogP contribution is -2.51. The lowest BCUT2D eigenvalue weighted by Gasteiger charge is -2.33. The first-order valence-corrected chi connectivity index (χ1v) is 6.84. The van der Waals surface area contributed by atoms with Crippen LogP contribution in [0.2, 0.25) is 0 Å². The molecule has 102 valence electrons. The van der Waals surface area contributed by atoms with Gasteiger partial charge >= 0.3 is 0 Å². The number of hydrogen-bond acceptors (Lipinski definition) is 3. The van der Waals surface area contributed by atoms with Gasteiger partial charge in [0.1, 0.15) is 6.04 Å². The molecule has 18 heavy (non-hydrogen) atoms. The number of likely N-dealkylation sites (tertiary alicyclic amines) is 2. The zero-order valence-corrected chi connectivity index (χ0v) is 11.3. The van der Waals surface area contributed by atoms with Crippen molar-refractivity contribution in [2.75, 3.05) is 19.6 Å². The van der Waals surface area contributed by atoms with Crippen molar-refractivity contribution in [3.63, 3.8) is 0 Å². The van der Waals surface area contributed by atoms with Crippen molar-refractivity contribution in [2.24, 2.45) is 11.7 Å². The minimum atomic E-state index is -0.301. The fourth-order valence-corrected chi connectivity index (χ4v) is 2.92. The average molecular weight is 253 g/mol. The van der Waals surface area contributed by atoms with Crippen LogP contribution in [0.5, 0.6) is 0 Å². The van der Waals surface area contributed by atoms with E-state index in [2.05, 4.69) is 0 Å². The van der Waals surface area contributed by atoms with Gasteiger partial charge in [-0.3, -0.25) is 9.59 Å². The van der Waals surface area contributed by atoms with Crippen molar-refractivity contribution >= 4 is 11.8 Å². The topological polar surface area (TPSA) is 66.6 Å². The van der Waals surface area contributed by atoms with Crippen molar-refractivity contribution in [1.29, 1.82) is 0 Å². The highest BCUT2D eigenvalue weighted by molar-refractivity contribution is 5.89. The molecule has 2 amide bonds. The van der Waals surface area contributed by atoms with E-state index < -0.39 is 0 Å². The van der Waals surface area contributed by atoms with Crippen LogP contribution in [0.3, 0.4) is 0 Å². The molecule has 5 heteroatoms. The highest BCUT2D eigenvalue weighted by atomic mass is 16.2. The van der Waals surface area contributed by atoms with Gasteiger partial charge in [0.05, 0.1) is 0 Å². The number of carbonyl (C=O) groups is 2. The maximum absolute atomic E-state index is 12.5. The summed E-state index contributed by atoms with van der Waals surface area (Å²) in [6, 6.07) is -0.207. The molecule has 0 aromatic carbocycles. The first-order valence-electron chi connectivity index (χ1n) is 6.84. The predicted octanol–water partition coefficient (Wildman–Crippen LogP) is 0.193. The van der Waals surface area contributed by atoms with Crippen LogP contribution in [0, 0.1) is 5.92 Å². The van der Waals surface area contributed by atoms with Gasteiger partial charge in [0.15, 0.2) is 0 Å². The number of nitrogens with two attached hydrogens (primary N) is 1. The molecule has 1 unspecified atom stereocenters. The number of amides is 2. The highest BCUT2D eigenvalue weighted by Crippen LogP contribution is 2.22. The molecule has 0 aromatic heterocycles. The Balaban J connectivity index is 2.10. The quantitative estimate of drug-likeness (QED) is 0.781. The predicted molar refractivity (Wildman–Crippen MR) is 68.7 cm³/mol. The summed E-state index contributed by atoms with van der Waals surface area (Å²) in [4.78, 5) is 28.0. The summed E-state index contributed by atoms with van der Waals surface area (Å²) in [7, 11) is 0. The molecule has 2 heterocycles. The van der Waals surface area contributed by atoms with E-state index in [1.54, 1.807) is 4.90 Å². The van der Waals surface area contributed by atoms with Gasteiger partial charge in [-0.25, -0.2) is 0 Å². The van der Waals surface area contributed by atoms with E-state index in [0.717, 1.165) is 19.4 Å². The van der Waals surface area contributed by atoms with Crippen molar-refractivity contribution < 1.29 is 9.59 Å². The van der Waals surface area contributed by atoms with E-state index in [1.165, 1.54) is 0 Å². The zero-order valence-electron chi connectivity index (χ0n) is 11.3. The van der Waals surface area contributed by atoms with Crippen LogP contribution in [0.4, 0.5) is 0 Å². The van der Waals surface area contributed by atoms with Crippen molar-refractivity contribution in [3.05, 3.63) is 0 Å². The second-order valence-corrected chi connectivity index (χ2v) is 5.71. The molecule has 0 aliphatic carbocycles. The summed E-state index contributed by atoms with van der Waals surface area (Å²) in [5, 5.41) is 0. The van der Waals surface area contributed by atoms with Crippen LogP contribution < -0.4 is 5.73 Å². The van der Waals surface area contributed by atoms with E-state index in [0.29, 0.717) is 19.5 Å². The minimum absolute atomic E-state index is 0.0770. The van der Waals surface area contributed by atoms with Crippen LogP contribution >= 0.6 is 0 Å². The molecule has 0 bridgehead atoms. The summed E-state index contributed by atoms with van der Waals surface area (Å²) in [6.45, 7) is 6.08. The molecule has 0 spiro atoms. The summed E-state index contributed by atoms with van der Waals surface area (Å²) < 4.78 is 0. The molecule has 0 radical (unpaired) electrons. The molecule has 5 nitrogen and oxygen atoms in total. The molecular formula is C13H23N3O2. The highest BCUT2D eigenvalue weighted by Gasteiger charge is 2.38. The van der Waals surface area contributed by atoms with Crippen LogP contribution in [-0.4, -0.2) is 53.3 Å². The maximum Gasteiger partial charge on any atom is 0.245 e. The van der Waals surface area contributed by atoms with Crippen molar-refractivity contribution in [3.8, 4) is 0 Å². The summed E-state index contributed by atoms with van der Waals surface area (Å²) in [5.74, 6) is 0.343. The number of nitrogens with zero attached hydrogens (tertiary/aromatic N) is 2. The van der Waals surface area contributed by atoms with Gasteiger partial charge in [0, 0.05) is 32.1 Å². The molecule has 2 fully saturated rings. The van der Waals surface area contributed by atoms with Crippen molar-refractivity contribution in [2.45, 2.75) is 45.2 Å². The van der Waals surface area contributed by atoms with Gasteiger partial charge in [0.2, 0.25) is 11.8 Å². The lowest BCUT2D eigenvalue weighted by atomic mass is 10.0. The zero-order chi connectivity index (χ0) is 13.3. The maximum atomic E-state index is 12.5. The normalized spacial score (nSPS) is 26.2. The SMILES string of the molecule is CC(C)C(C(=O)N1CC[C@@H](N)C1)N1CCCC1=O. The lowest BCUT2D eigenvalue weighted by molar-refractivity contribution is -0.144. The fraction of sp³-hybridized carbons (Fsp3) is 0.846. The summed E-state index contributed by atoms with van der Waals surface area (Å²) in [6.07, 6.45) is 2.31. The van der Waals surface area contributed by atoms with E-state index in [4.69, 9.17) is 5.73 Å². The van der Waals surface area contributed by atoms with Gasteiger partial charge in [-0.2, -0.15) is 0 Å². The van der Waals surface area contributed by atoms with E-state index in [1.807, 2.05) is 18.7 Å². The first-order chi connectivity index (χ1) is 8.50. The molecule has 0 saturated carbocycles. The summed E-state index contributed by atoms with van der Waals surface area (Å²) >= 11 is 0. The first kappa shape index (κ1) is 13.3. The van der Waals surface area contributed by atoms with Crippen molar-refractivity contribution in [1.82, 2.24) is 9.80 Å². The molecule has 2 saturated heterocycles. The Morgan fingerprint density at radius 2 is 2.11 bits per heavy atom. The molecule has 2 rings (SSSR count). The van der Waals surface area contributed by atoms with E-state index >= 15 is 0 Å². The molecular weight excluding hydrogens is 230 g/mol. The third-order valence-electron chi connectivity index (χ3n) is 3.87. The van der Waals surface area contributed by atoms with Crippen LogP contribution in [0.15, 0.2) is 0 Å². The largest absolute Gasteiger partial charge is 0.339 e. The van der Waals surface area contributed by atoms with E-state index in [9.17, 15) is 9.59 Å². The Bertz CT molecular complexity index is 343. The number of hydrogen-bond donors (Lipinski definition) is 1. The molecule has 2 aliphatic rings. The smallest absolute Gasteiger partial charge is 0.245 e. The molecule has 0 aromatic rings. The Kier molecular flexibility index (Phi) is 3.90. The summed E-state index contributed by atoms with van der Waals surface area (Å²) in [5.41, 5.74) is 5.85. The van der Waals surface area contributed by atoms with E-state index in [-0.39, 0.29) is 29.8 Å². The second kappa shape index (κ2) is 5.26. The van der Waals surface area contributed by atoms with Gasteiger partial charge in [-0.1, -0.05) is 13.8 Å². The van der Waals surface area contributed by atoms with Gasteiger partial charge < -0.3 is 15.5 Å². The Morgan fingerprint density at radius 1 is 1.39 bits per heavy atom. The third kappa shape index (κ3) is 2.51. The number of carbonyl (C=O) groups excluding carboxylic acids is 2. The standard InChI is InChI=1S/C13H23N3O2/c1-9(2)12(16-6-3-4-11(16)17)13(18)15-7-5-10(14)8-15/h9-10,12H,3-8,14H2,1-2H3/t10-,12?/m1/s1. The Morgan fingerprint density at radius 3 is 2.56 bits per heavy atom. The molecule has 2 atom stereocenters. The second-order valence-electron chi connectivity index (χ2n) is 5.71. The van der Waals surface area contributed by atoms with Crippen LogP contribution in [0.1, 0.15) is 33.1 Å². The molecule has 2 N–H and O–H groups in total.